The minimum Gasteiger partial charge on any atom is -0.384 e. The molecule has 14 heavy (non-hydrogen) atoms. The van der Waals surface area contributed by atoms with E-state index in [-0.39, 0.29) is 6.04 Å². The van der Waals surface area contributed by atoms with Crippen molar-refractivity contribution in [1.82, 2.24) is 0 Å². The molecular weight excluding hydrogens is 174 g/mol. The lowest BCUT2D eigenvalue weighted by atomic mass is 9.91. The van der Waals surface area contributed by atoms with Crippen LogP contribution >= 0.6 is 0 Å². The van der Waals surface area contributed by atoms with E-state index < -0.39 is 0 Å². The predicted molar refractivity (Wildman–Crippen MR) is 59.3 cm³/mol. The van der Waals surface area contributed by atoms with Crippen LogP contribution in [0.5, 0.6) is 0 Å². The Morgan fingerprint density at radius 1 is 1.29 bits per heavy atom. The van der Waals surface area contributed by atoms with E-state index in [2.05, 4.69) is 19.1 Å². The summed E-state index contributed by atoms with van der Waals surface area (Å²) in [6, 6.07) is 10.5. The summed E-state index contributed by atoms with van der Waals surface area (Å²) in [6.45, 7) is 2.80. The van der Waals surface area contributed by atoms with Gasteiger partial charge in [-0.15, -0.1) is 0 Å². The third kappa shape index (κ3) is 2.82. The number of nitrogens with two attached hydrogens (primary N) is 1. The van der Waals surface area contributed by atoms with Gasteiger partial charge in [0.05, 0.1) is 6.61 Å². The van der Waals surface area contributed by atoms with Crippen molar-refractivity contribution in [1.29, 1.82) is 0 Å². The molecule has 0 aliphatic rings. The van der Waals surface area contributed by atoms with E-state index in [0.717, 1.165) is 6.42 Å². The molecule has 0 saturated carbocycles. The number of hydrogen-bond acceptors (Lipinski definition) is 2. The van der Waals surface area contributed by atoms with Crippen molar-refractivity contribution in [2.75, 3.05) is 13.7 Å². The van der Waals surface area contributed by atoms with E-state index in [4.69, 9.17) is 10.5 Å². The van der Waals surface area contributed by atoms with Crippen LogP contribution in [0.25, 0.3) is 0 Å². The zero-order valence-corrected chi connectivity index (χ0v) is 8.94. The summed E-state index contributed by atoms with van der Waals surface area (Å²) in [7, 11) is 1.72. The fourth-order valence-electron chi connectivity index (χ4n) is 1.63. The molecule has 0 spiro atoms. The monoisotopic (exact) mass is 193 g/mol. The molecule has 2 nitrogen and oxygen atoms in total. The Bertz CT molecular complexity index is 248. The zero-order valence-electron chi connectivity index (χ0n) is 8.94. The van der Waals surface area contributed by atoms with Crippen molar-refractivity contribution in [3.8, 4) is 0 Å². The maximum Gasteiger partial charge on any atom is 0.0545 e. The topological polar surface area (TPSA) is 35.2 Å². The zero-order chi connectivity index (χ0) is 10.4. The SMILES string of the molecule is CCC(N)C(COC)c1ccccc1. The Hall–Kier alpha value is -0.860. The third-order valence-corrected chi connectivity index (χ3v) is 2.56. The summed E-state index contributed by atoms with van der Waals surface area (Å²) >= 11 is 0. The number of rotatable bonds is 5. The van der Waals surface area contributed by atoms with Gasteiger partial charge in [-0.05, 0) is 12.0 Å². The first kappa shape index (κ1) is 11.2. The van der Waals surface area contributed by atoms with Crippen LogP contribution in [0.3, 0.4) is 0 Å². The molecule has 0 aliphatic carbocycles. The minimum absolute atomic E-state index is 0.178. The van der Waals surface area contributed by atoms with Crippen molar-refractivity contribution in [2.45, 2.75) is 25.3 Å². The van der Waals surface area contributed by atoms with Crippen LogP contribution in [0.15, 0.2) is 30.3 Å². The van der Waals surface area contributed by atoms with E-state index in [0.29, 0.717) is 12.5 Å². The molecule has 2 atom stereocenters. The van der Waals surface area contributed by atoms with Crippen LogP contribution in [0, 0.1) is 0 Å². The standard InChI is InChI=1S/C12H19NO/c1-3-12(13)11(9-14-2)10-7-5-4-6-8-10/h4-8,11-12H,3,9,13H2,1-2H3. The Kier molecular flexibility index (Phi) is 4.63. The quantitative estimate of drug-likeness (QED) is 0.777. The highest BCUT2D eigenvalue weighted by Gasteiger charge is 2.17. The summed E-state index contributed by atoms with van der Waals surface area (Å²) in [6.07, 6.45) is 0.975. The maximum atomic E-state index is 6.06. The number of methoxy groups -OCH3 is 1. The van der Waals surface area contributed by atoms with E-state index in [1.807, 2.05) is 18.2 Å². The maximum absolute atomic E-state index is 6.06. The van der Waals surface area contributed by atoms with Gasteiger partial charge in [0.1, 0.15) is 0 Å². The Morgan fingerprint density at radius 2 is 1.93 bits per heavy atom. The van der Waals surface area contributed by atoms with E-state index in [1.54, 1.807) is 7.11 Å². The van der Waals surface area contributed by atoms with Crippen molar-refractivity contribution in [3.05, 3.63) is 35.9 Å². The van der Waals surface area contributed by atoms with Gasteiger partial charge in [0.2, 0.25) is 0 Å². The highest BCUT2D eigenvalue weighted by molar-refractivity contribution is 5.21. The van der Waals surface area contributed by atoms with Crippen LogP contribution in [-0.2, 0) is 4.74 Å². The number of benzene rings is 1. The van der Waals surface area contributed by atoms with Crippen LogP contribution in [0.2, 0.25) is 0 Å². The molecule has 78 valence electrons. The van der Waals surface area contributed by atoms with Gasteiger partial charge in [-0.3, -0.25) is 0 Å². The average molecular weight is 193 g/mol. The normalized spacial score (nSPS) is 15.1. The third-order valence-electron chi connectivity index (χ3n) is 2.56. The van der Waals surface area contributed by atoms with Crippen molar-refractivity contribution in [3.63, 3.8) is 0 Å². The van der Waals surface area contributed by atoms with Gasteiger partial charge in [-0.25, -0.2) is 0 Å². The Balaban J connectivity index is 2.77. The first-order chi connectivity index (χ1) is 6.79. The Morgan fingerprint density at radius 3 is 2.43 bits per heavy atom. The molecule has 1 aromatic rings. The number of hydrogen-bond donors (Lipinski definition) is 1. The number of ether oxygens (including phenoxy) is 1. The van der Waals surface area contributed by atoms with E-state index >= 15 is 0 Å². The molecule has 2 N–H and O–H groups in total. The highest BCUT2D eigenvalue weighted by Crippen LogP contribution is 2.20. The minimum atomic E-state index is 0.178. The van der Waals surface area contributed by atoms with Crippen molar-refractivity contribution >= 4 is 0 Å². The summed E-state index contributed by atoms with van der Waals surface area (Å²) in [5, 5.41) is 0. The molecule has 1 rings (SSSR count). The van der Waals surface area contributed by atoms with Gasteiger partial charge in [-0.2, -0.15) is 0 Å². The Labute approximate surface area is 86.1 Å². The summed E-state index contributed by atoms with van der Waals surface area (Å²) in [4.78, 5) is 0. The lowest BCUT2D eigenvalue weighted by Gasteiger charge is -2.22. The molecule has 0 aliphatic heterocycles. The predicted octanol–water partition coefficient (Wildman–Crippen LogP) is 2.15. The van der Waals surface area contributed by atoms with Gasteiger partial charge in [0.15, 0.2) is 0 Å². The summed E-state index contributed by atoms with van der Waals surface area (Å²) < 4.78 is 5.20. The van der Waals surface area contributed by atoms with E-state index in [1.165, 1.54) is 5.56 Å². The molecule has 2 heteroatoms. The molecule has 0 aromatic heterocycles. The molecule has 2 unspecified atom stereocenters. The van der Waals surface area contributed by atoms with Gasteiger partial charge in [0.25, 0.3) is 0 Å². The average Bonchev–Trinajstić information content (AvgIpc) is 2.26. The molecule has 0 radical (unpaired) electrons. The fourth-order valence-corrected chi connectivity index (χ4v) is 1.63. The summed E-state index contributed by atoms with van der Waals surface area (Å²) in [5.41, 5.74) is 7.32. The molecule has 1 aromatic carbocycles. The molecule has 0 heterocycles. The second-order valence-corrected chi connectivity index (χ2v) is 3.54. The smallest absolute Gasteiger partial charge is 0.0545 e. The first-order valence-electron chi connectivity index (χ1n) is 5.09. The van der Waals surface area contributed by atoms with Gasteiger partial charge in [-0.1, -0.05) is 37.3 Å². The molecular formula is C12H19NO. The highest BCUT2D eigenvalue weighted by atomic mass is 16.5. The van der Waals surface area contributed by atoms with Gasteiger partial charge >= 0.3 is 0 Å². The van der Waals surface area contributed by atoms with Gasteiger partial charge < -0.3 is 10.5 Å². The largest absolute Gasteiger partial charge is 0.384 e. The van der Waals surface area contributed by atoms with Crippen LogP contribution in [-0.4, -0.2) is 19.8 Å². The molecule has 0 amide bonds. The first-order valence-corrected chi connectivity index (χ1v) is 5.09. The van der Waals surface area contributed by atoms with Crippen molar-refractivity contribution in [2.24, 2.45) is 5.73 Å². The molecule has 0 fully saturated rings. The second-order valence-electron chi connectivity index (χ2n) is 3.54. The van der Waals surface area contributed by atoms with Crippen molar-refractivity contribution < 1.29 is 4.74 Å². The molecule has 0 saturated heterocycles. The van der Waals surface area contributed by atoms with E-state index in [9.17, 15) is 0 Å². The lowest BCUT2D eigenvalue weighted by Crippen LogP contribution is -2.30. The molecule has 0 bridgehead atoms. The van der Waals surface area contributed by atoms with Gasteiger partial charge in [0, 0.05) is 19.1 Å². The van der Waals surface area contributed by atoms with Crippen LogP contribution in [0.1, 0.15) is 24.8 Å². The van der Waals surface area contributed by atoms with Crippen LogP contribution in [0.4, 0.5) is 0 Å². The lowest BCUT2D eigenvalue weighted by molar-refractivity contribution is 0.168. The van der Waals surface area contributed by atoms with Crippen LogP contribution < -0.4 is 5.73 Å². The summed E-state index contributed by atoms with van der Waals surface area (Å²) in [5.74, 6) is 0.311. The fraction of sp³-hybridized carbons (Fsp3) is 0.500. The second kappa shape index (κ2) is 5.78.